The number of H-pyrrole nitrogens is 1. The predicted octanol–water partition coefficient (Wildman–Crippen LogP) is 4.28. The molecule has 34 heavy (non-hydrogen) atoms. The summed E-state index contributed by atoms with van der Waals surface area (Å²) < 4.78 is 5.25. The lowest BCUT2D eigenvalue weighted by Gasteiger charge is -2.14. The van der Waals surface area contributed by atoms with E-state index in [0.29, 0.717) is 11.3 Å². The first-order valence-electron chi connectivity index (χ1n) is 10.3. The van der Waals surface area contributed by atoms with Crippen LogP contribution in [-0.4, -0.2) is 35.0 Å². The van der Waals surface area contributed by atoms with Gasteiger partial charge in [0.25, 0.3) is 11.8 Å². The Morgan fingerprint density at radius 2 is 1.65 bits per heavy atom. The minimum atomic E-state index is -1.15. The standard InChI is InChI=1S/C26H21N3O5/c1-34-23-12-11-18(26(32)33)14-21(23)28-25(31)22(29-24(30)16-7-3-2-4-8-16)15-19-13-17-9-5-6-10-20(17)27-19/h2-15,27H,1H3,(H,28,31)(H,29,30)(H,32,33)/b22-15-. The molecular weight excluding hydrogens is 434 g/mol. The number of carbonyl (C=O) groups excluding carboxylic acids is 2. The van der Waals surface area contributed by atoms with E-state index in [2.05, 4.69) is 15.6 Å². The molecule has 3 aromatic carbocycles. The van der Waals surface area contributed by atoms with E-state index in [1.165, 1.54) is 31.4 Å². The van der Waals surface area contributed by atoms with Gasteiger partial charge in [0.2, 0.25) is 0 Å². The Hall–Kier alpha value is -4.85. The van der Waals surface area contributed by atoms with Crippen LogP contribution in [0.15, 0.2) is 84.6 Å². The highest BCUT2D eigenvalue weighted by Gasteiger charge is 2.18. The zero-order chi connectivity index (χ0) is 24.1. The van der Waals surface area contributed by atoms with Crippen molar-refractivity contribution < 1.29 is 24.2 Å². The summed E-state index contributed by atoms with van der Waals surface area (Å²) in [6.45, 7) is 0. The van der Waals surface area contributed by atoms with Gasteiger partial charge < -0.3 is 25.5 Å². The molecule has 0 aliphatic carbocycles. The number of ether oxygens (including phenoxy) is 1. The minimum absolute atomic E-state index is 0.0226. The molecule has 0 saturated carbocycles. The third-order valence-corrected chi connectivity index (χ3v) is 5.07. The first kappa shape index (κ1) is 22.3. The summed E-state index contributed by atoms with van der Waals surface area (Å²) in [6.07, 6.45) is 1.52. The van der Waals surface area contributed by atoms with E-state index in [1.54, 1.807) is 30.3 Å². The first-order chi connectivity index (χ1) is 16.4. The van der Waals surface area contributed by atoms with E-state index in [9.17, 15) is 19.5 Å². The second-order valence-electron chi connectivity index (χ2n) is 7.36. The maximum atomic E-state index is 13.2. The first-order valence-corrected chi connectivity index (χ1v) is 10.3. The van der Waals surface area contributed by atoms with Crippen LogP contribution in [0.1, 0.15) is 26.4 Å². The second kappa shape index (κ2) is 9.74. The van der Waals surface area contributed by atoms with Gasteiger partial charge in [-0.1, -0.05) is 36.4 Å². The van der Waals surface area contributed by atoms with Gasteiger partial charge in [-0.3, -0.25) is 9.59 Å². The number of hydrogen-bond acceptors (Lipinski definition) is 4. The lowest BCUT2D eigenvalue weighted by Crippen LogP contribution is -2.30. The number of benzene rings is 3. The van der Waals surface area contributed by atoms with Gasteiger partial charge in [0.1, 0.15) is 11.4 Å². The van der Waals surface area contributed by atoms with Crippen LogP contribution in [0, 0.1) is 0 Å². The van der Waals surface area contributed by atoms with Crippen molar-refractivity contribution in [1.82, 2.24) is 10.3 Å². The van der Waals surface area contributed by atoms with E-state index < -0.39 is 17.8 Å². The van der Waals surface area contributed by atoms with Gasteiger partial charge in [-0.25, -0.2) is 4.79 Å². The zero-order valence-electron chi connectivity index (χ0n) is 18.2. The van der Waals surface area contributed by atoms with E-state index in [1.807, 2.05) is 30.3 Å². The average Bonchev–Trinajstić information content (AvgIpc) is 3.26. The van der Waals surface area contributed by atoms with Crippen molar-refractivity contribution in [2.75, 3.05) is 12.4 Å². The Morgan fingerprint density at radius 1 is 0.912 bits per heavy atom. The molecule has 4 N–H and O–H groups in total. The molecule has 4 rings (SSSR count). The molecule has 0 saturated heterocycles. The van der Waals surface area contributed by atoms with E-state index in [4.69, 9.17) is 4.74 Å². The number of hydrogen-bond donors (Lipinski definition) is 4. The maximum Gasteiger partial charge on any atom is 0.335 e. The largest absolute Gasteiger partial charge is 0.495 e. The Kier molecular flexibility index (Phi) is 6.40. The quantitative estimate of drug-likeness (QED) is 0.310. The molecule has 2 amide bonds. The van der Waals surface area contributed by atoms with Gasteiger partial charge in [-0.05, 0) is 53.9 Å². The Labute approximate surface area is 194 Å². The van der Waals surface area contributed by atoms with Crippen LogP contribution in [0.3, 0.4) is 0 Å². The fourth-order valence-electron chi connectivity index (χ4n) is 3.40. The number of aromatic amines is 1. The minimum Gasteiger partial charge on any atom is -0.495 e. The number of aromatic nitrogens is 1. The molecule has 0 atom stereocenters. The molecule has 8 nitrogen and oxygen atoms in total. The number of methoxy groups -OCH3 is 1. The predicted molar refractivity (Wildman–Crippen MR) is 129 cm³/mol. The molecule has 0 aliphatic heterocycles. The maximum absolute atomic E-state index is 13.2. The van der Waals surface area contributed by atoms with Crippen molar-refractivity contribution in [3.05, 3.63) is 101 Å². The number of carboxylic acids is 1. The summed E-state index contributed by atoms with van der Waals surface area (Å²) in [4.78, 5) is 40.6. The average molecular weight is 455 g/mol. The summed E-state index contributed by atoms with van der Waals surface area (Å²) in [5.74, 6) is -1.99. The van der Waals surface area contributed by atoms with Crippen LogP contribution < -0.4 is 15.4 Å². The fraction of sp³-hybridized carbons (Fsp3) is 0.0385. The number of aromatic carboxylic acids is 1. The molecular formula is C26H21N3O5. The van der Waals surface area contributed by atoms with E-state index >= 15 is 0 Å². The van der Waals surface area contributed by atoms with Gasteiger partial charge >= 0.3 is 5.97 Å². The molecule has 0 bridgehead atoms. The van der Waals surface area contributed by atoms with Gasteiger partial charge in [0, 0.05) is 16.8 Å². The van der Waals surface area contributed by atoms with Gasteiger partial charge in [0.15, 0.2) is 0 Å². The number of anilines is 1. The molecule has 0 fully saturated rings. The normalized spacial score (nSPS) is 11.1. The highest BCUT2D eigenvalue weighted by atomic mass is 16.5. The highest BCUT2D eigenvalue weighted by molar-refractivity contribution is 6.11. The highest BCUT2D eigenvalue weighted by Crippen LogP contribution is 2.26. The van der Waals surface area contributed by atoms with Crippen LogP contribution in [0.25, 0.3) is 17.0 Å². The van der Waals surface area contributed by atoms with Crippen molar-refractivity contribution in [3.63, 3.8) is 0 Å². The van der Waals surface area contributed by atoms with Crippen molar-refractivity contribution in [2.45, 2.75) is 0 Å². The summed E-state index contributed by atoms with van der Waals surface area (Å²) in [6, 6.07) is 22.1. The number of carboxylic acid groups (broad SMARTS) is 1. The summed E-state index contributed by atoms with van der Waals surface area (Å²) >= 11 is 0. The zero-order valence-corrected chi connectivity index (χ0v) is 18.2. The Bertz CT molecular complexity index is 1370. The van der Waals surface area contributed by atoms with E-state index in [0.717, 1.165) is 10.9 Å². The van der Waals surface area contributed by atoms with Gasteiger partial charge in [-0.2, -0.15) is 0 Å². The van der Waals surface area contributed by atoms with Crippen molar-refractivity contribution >= 4 is 40.4 Å². The third kappa shape index (κ3) is 4.97. The second-order valence-corrected chi connectivity index (χ2v) is 7.36. The number of fused-ring (bicyclic) bond motifs is 1. The summed E-state index contributed by atoms with van der Waals surface area (Å²) in [5, 5.41) is 15.5. The van der Waals surface area contributed by atoms with Gasteiger partial charge in [-0.15, -0.1) is 0 Å². The number of carbonyl (C=O) groups is 3. The van der Waals surface area contributed by atoms with Gasteiger partial charge in [0.05, 0.1) is 18.4 Å². The lowest BCUT2D eigenvalue weighted by atomic mass is 10.1. The fourth-order valence-corrected chi connectivity index (χ4v) is 3.40. The molecule has 0 aliphatic rings. The topological polar surface area (TPSA) is 121 Å². The SMILES string of the molecule is COc1ccc(C(=O)O)cc1NC(=O)/C(=C/c1cc2ccccc2[nH]1)NC(=O)c1ccccc1. The van der Waals surface area contributed by atoms with Crippen molar-refractivity contribution in [2.24, 2.45) is 0 Å². The molecule has 4 aromatic rings. The molecule has 0 radical (unpaired) electrons. The Morgan fingerprint density at radius 3 is 2.35 bits per heavy atom. The number of nitrogens with one attached hydrogen (secondary N) is 3. The number of amides is 2. The summed E-state index contributed by atoms with van der Waals surface area (Å²) in [5.41, 5.74) is 1.95. The van der Waals surface area contributed by atoms with Crippen molar-refractivity contribution in [1.29, 1.82) is 0 Å². The lowest BCUT2D eigenvalue weighted by molar-refractivity contribution is -0.113. The molecule has 0 spiro atoms. The van der Waals surface area contributed by atoms with Crippen LogP contribution in [-0.2, 0) is 4.79 Å². The molecule has 1 aromatic heterocycles. The van der Waals surface area contributed by atoms with E-state index in [-0.39, 0.29) is 22.7 Å². The molecule has 8 heteroatoms. The number of para-hydroxylation sites is 1. The van der Waals surface area contributed by atoms with Crippen LogP contribution in [0.5, 0.6) is 5.75 Å². The number of rotatable bonds is 7. The smallest absolute Gasteiger partial charge is 0.335 e. The van der Waals surface area contributed by atoms with Crippen LogP contribution in [0.4, 0.5) is 5.69 Å². The monoisotopic (exact) mass is 455 g/mol. The van der Waals surface area contributed by atoms with Crippen molar-refractivity contribution in [3.8, 4) is 5.75 Å². The third-order valence-electron chi connectivity index (χ3n) is 5.07. The van der Waals surface area contributed by atoms with Crippen LogP contribution in [0.2, 0.25) is 0 Å². The van der Waals surface area contributed by atoms with Crippen LogP contribution >= 0.6 is 0 Å². The molecule has 0 unspecified atom stereocenters. The summed E-state index contributed by atoms with van der Waals surface area (Å²) in [7, 11) is 1.41. The Balaban J connectivity index is 1.70. The molecule has 170 valence electrons. The molecule has 1 heterocycles.